The van der Waals surface area contributed by atoms with Crippen molar-refractivity contribution < 1.29 is 9.85 Å². The summed E-state index contributed by atoms with van der Waals surface area (Å²) >= 11 is 0. The molecule has 2 bridgehead atoms. The lowest BCUT2D eigenvalue weighted by Gasteiger charge is -2.37. The summed E-state index contributed by atoms with van der Waals surface area (Å²) < 4.78 is 0. The van der Waals surface area contributed by atoms with E-state index in [2.05, 4.69) is 20.8 Å². The van der Waals surface area contributed by atoms with E-state index in [9.17, 15) is 20.2 Å². The van der Waals surface area contributed by atoms with Crippen molar-refractivity contribution in [3.63, 3.8) is 0 Å². The molecule has 0 spiro atoms. The van der Waals surface area contributed by atoms with Crippen LogP contribution in [-0.4, -0.2) is 34.4 Å². The summed E-state index contributed by atoms with van der Waals surface area (Å²) in [6.07, 6.45) is 5.76. The second kappa shape index (κ2) is 7.93. The minimum absolute atomic E-state index is 0.00752. The number of fused-ring (bicyclic) bond motifs is 2. The first-order valence-corrected chi connectivity index (χ1v) is 10.7. The molecule has 0 amide bonds. The van der Waals surface area contributed by atoms with Crippen molar-refractivity contribution in [3.8, 4) is 0 Å². The second-order valence-electron chi connectivity index (χ2n) is 9.47. The standard InChI is InChI=1S/C24H26N4O4/c1-23(2)20-12-13-24(23,3)22(26-15-17-6-10-19(11-7-17)28(31)32)21(20)25-14-16-4-8-18(9-5-16)27(29)30/h4-11,14-15,20-22H,12-13H2,1-3H3/t20-,21-,22+,24-/m0/s1. The molecule has 8 heteroatoms. The third-order valence-electron chi connectivity index (χ3n) is 7.75. The summed E-state index contributed by atoms with van der Waals surface area (Å²) in [6, 6.07) is 12.8. The predicted octanol–water partition coefficient (Wildman–Crippen LogP) is 5.23. The first-order valence-electron chi connectivity index (χ1n) is 10.7. The summed E-state index contributed by atoms with van der Waals surface area (Å²) in [7, 11) is 0. The minimum atomic E-state index is -0.414. The van der Waals surface area contributed by atoms with Gasteiger partial charge in [-0.15, -0.1) is 0 Å². The van der Waals surface area contributed by atoms with E-state index in [1.165, 1.54) is 24.3 Å². The van der Waals surface area contributed by atoms with Crippen LogP contribution in [-0.2, 0) is 0 Å². The van der Waals surface area contributed by atoms with Crippen LogP contribution in [0.15, 0.2) is 58.5 Å². The van der Waals surface area contributed by atoms with Gasteiger partial charge in [-0.25, -0.2) is 0 Å². The molecule has 4 rings (SSSR count). The molecule has 0 saturated heterocycles. The van der Waals surface area contributed by atoms with E-state index >= 15 is 0 Å². The highest BCUT2D eigenvalue weighted by molar-refractivity contribution is 5.81. The molecule has 0 aliphatic heterocycles. The zero-order chi connectivity index (χ0) is 23.1. The van der Waals surface area contributed by atoms with Gasteiger partial charge in [0.25, 0.3) is 11.4 Å². The Balaban J connectivity index is 1.61. The molecule has 0 aromatic heterocycles. The molecule has 2 aromatic rings. The molecule has 2 saturated carbocycles. The Labute approximate surface area is 186 Å². The van der Waals surface area contributed by atoms with Crippen LogP contribution >= 0.6 is 0 Å². The second-order valence-corrected chi connectivity index (χ2v) is 9.47. The molecule has 166 valence electrons. The lowest BCUT2D eigenvalue weighted by atomic mass is 9.69. The molecule has 8 nitrogen and oxygen atoms in total. The Bertz CT molecular complexity index is 1090. The smallest absolute Gasteiger partial charge is 0.269 e. The fraction of sp³-hybridized carbons (Fsp3) is 0.417. The van der Waals surface area contributed by atoms with Gasteiger partial charge < -0.3 is 0 Å². The molecule has 2 aliphatic carbocycles. The third-order valence-corrected chi connectivity index (χ3v) is 7.75. The van der Waals surface area contributed by atoms with E-state index in [-0.39, 0.29) is 34.3 Å². The van der Waals surface area contributed by atoms with E-state index in [1.54, 1.807) is 36.7 Å². The van der Waals surface area contributed by atoms with Gasteiger partial charge in [0, 0.05) is 36.7 Å². The van der Waals surface area contributed by atoms with E-state index in [1.807, 2.05) is 0 Å². The average molecular weight is 434 g/mol. The summed E-state index contributed by atoms with van der Waals surface area (Å²) in [5.41, 5.74) is 1.81. The number of benzene rings is 2. The van der Waals surface area contributed by atoms with E-state index in [0.717, 1.165) is 24.0 Å². The Morgan fingerprint density at radius 1 is 0.844 bits per heavy atom. The lowest BCUT2D eigenvalue weighted by Crippen LogP contribution is -2.38. The van der Waals surface area contributed by atoms with Crippen LogP contribution < -0.4 is 0 Å². The molecule has 0 heterocycles. The van der Waals surface area contributed by atoms with Crippen molar-refractivity contribution in [2.75, 3.05) is 0 Å². The van der Waals surface area contributed by atoms with Gasteiger partial charge in [0.2, 0.25) is 0 Å². The highest BCUT2D eigenvalue weighted by Crippen LogP contribution is 2.67. The molecule has 2 aliphatic rings. The van der Waals surface area contributed by atoms with E-state index in [0.29, 0.717) is 5.92 Å². The third kappa shape index (κ3) is 3.59. The van der Waals surface area contributed by atoms with Gasteiger partial charge in [-0.2, -0.15) is 0 Å². The largest absolute Gasteiger partial charge is 0.287 e. The molecular weight excluding hydrogens is 408 g/mol. The number of nitro benzene ring substituents is 2. The number of non-ortho nitro benzene ring substituents is 2. The van der Waals surface area contributed by atoms with Crippen LogP contribution in [0.5, 0.6) is 0 Å². The monoisotopic (exact) mass is 434 g/mol. The van der Waals surface area contributed by atoms with Crippen molar-refractivity contribution in [2.24, 2.45) is 26.7 Å². The number of hydrogen-bond donors (Lipinski definition) is 0. The average Bonchev–Trinajstić information content (AvgIpc) is 3.09. The number of hydrogen-bond acceptors (Lipinski definition) is 6. The van der Waals surface area contributed by atoms with Gasteiger partial charge in [-0.05, 0) is 65.0 Å². The molecule has 0 radical (unpaired) electrons. The van der Waals surface area contributed by atoms with Crippen LogP contribution in [0.4, 0.5) is 11.4 Å². The van der Waals surface area contributed by atoms with Crippen LogP contribution in [0.3, 0.4) is 0 Å². The normalized spacial score (nSPS) is 28.5. The zero-order valence-electron chi connectivity index (χ0n) is 18.3. The Morgan fingerprint density at radius 3 is 1.78 bits per heavy atom. The molecule has 32 heavy (non-hydrogen) atoms. The van der Waals surface area contributed by atoms with E-state index < -0.39 is 9.85 Å². The molecule has 2 aromatic carbocycles. The van der Waals surface area contributed by atoms with Crippen molar-refractivity contribution in [2.45, 2.75) is 45.7 Å². The summed E-state index contributed by atoms with van der Waals surface area (Å²) in [5.74, 6) is 0.390. The minimum Gasteiger partial charge on any atom is -0.287 e. The van der Waals surface area contributed by atoms with Gasteiger partial charge >= 0.3 is 0 Å². The highest BCUT2D eigenvalue weighted by Gasteiger charge is 2.66. The van der Waals surface area contributed by atoms with Gasteiger partial charge in [0.1, 0.15) is 0 Å². The Hall–Kier alpha value is -3.42. The number of aliphatic imine (C=N–C) groups is 2. The SMILES string of the molecule is CC1(C)[C@H]2CC[C@@]1(C)[C@H](N=Cc1ccc([N+](=O)[O-])cc1)[C@H]2N=Cc1ccc([N+](=O)[O-])cc1. The molecule has 2 fully saturated rings. The zero-order valence-corrected chi connectivity index (χ0v) is 18.3. The molecule has 4 atom stereocenters. The lowest BCUT2D eigenvalue weighted by molar-refractivity contribution is -0.385. The van der Waals surface area contributed by atoms with Gasteiger partial charge in [0.15, 0.2) is 0 Å². The summed E-state index contributed by atoms with van der Waals surface area (Å²) in [6.45, 7) is 6.87. The van der Waals surface area contributed by atoms with Crippen LogP contribution in [0.1, 0.15) is 44.7 Å². The van der Waals surface area contributed by atoms with E-state index in [4.69, 9.17) is 9.98 Å². The Kier molecular flexibility index (Phi) is 5.40. The fourth-order valence-electron chi connectivity index (χ4n) is 5.43. The van der Waals surface area contributed by atoms with Gasteiger partial charge in [-0.3, -0.25) is 30.2 Å². The first kappa shape index (κ1) is 21.8. The quantitative estimate of drug-likeness (QED) is 0.352. The molecule has 0 unspecified atom stereocenters. The van der Waals surface area contributed by atoms with Crippen molar-refractivity contribution in [3.05, 3.63) is 79.9 Å². The topological polar surface area (TPSA) is 111 Å². The summed E-state index contributed by atoms with van der Waals surface area (Å²) in [5, 5.41) is 21.8. The maximum absolute atomic E-state index is 10.9. The number of nitro groups is 2. The van der Waals surface area contributed by atoms with Crippen molar-refractivity contribution in [1.29, 1.82) is 0 Å². The van der Waals surface area contributed by atoms with Crippen LogP contribution in [0, 0.1) is 37.0 Å². The number of rotatable bonds is 6. The summed E-state index contributed by atoms with van der Waals surface area (Å²) in [4.78, 5) is 30.8. The maximum atomic E-state index is 10.9. The van der Waals surface area contributed by atoms with Crippen LogP contribution in [0.25, 0.3) is 0 Å². The maximum Gasteiger partial charge on any atom is 0.269 e. The number of nitrogens with zero attached hydrogens (tertiary/aromatic N) is 4. The van der Waals surface area contributed by atoms with Crippen molar-refractivity contribution in [1.82, 2.24) is 0 Å². The molecule has 0 N–H and O–H groups in total. The van der Waals surface area contributed by atoms with Crippen molar-refractivity contribution >= 4 is 23.8 Å². The predicted molar refractivity (Wildman–Crippen MR) is 124 cm³/mol. The first-order chi connectivity index (χ1) is 15.1. The fourth-order valence-corrected chi connectivity index (χ4v) is 5.43. The van der Waals surface area contributed by atoms with Crippen LogP contribution in [0.2, 0.25) is 0 Å². The molecular formula is C24H26N4O4. The Morgan fingerprint density at radius 2 is 1.31 bits per heavy atom. The van der Waals surface area contributed by atoms with Gasteiger partial charge in [0.05, 0.1) is 21.9 Å². The van der Waals surface area contributed by atoms with Gasteiger partial charge in [-0.1, -0.05) is 20.8 Å². The highest BCUT2D eigenvalue weighted by atomic mass is 16.6.